The minimum absolute atomic E-state index is 0. The zero-order chi connectivity index (χ0) is 43.9. The molecule has 2 heterocycles. The van der Waals surface area contributed by atoms with Gasteiger partial charge in [0.25, 0.3) is 15.9 Å². The van der Waals surface area contributed by atoms with Gasteiger partial charge in [0.15, 0.2) is 9.84 Å². The second-order valence-corrected chi connectivity index (χ2v) is 22.5. The van der Waals surface area contributed by atoms with E-state index in [4.69, 9.17) is 16.3 Å². The van der Waals surface area contributed by atoms with Gasteiger partial charge in [-0.05, 0) is 109 Å². The molecule has 1 amide bonds. The summed E-state index contributed by atoms with van der Waals surface area (Å²) in [5.41, 5.74) is 5.91. The van der Waals surface area contributed by atoms with Gasteiger partial charge in [0.1, 0.15) is 0 Å². The van der Waals surface area contributed by atoms with Gasteiger partial charge in [-0.3, -0.25) is 14.6 Å². The van der Waals surface area contributed by atoms with Crippen LogP contribution in [0.5, 0.6) is 0 Å². The van der Waals surface area contributed by atoms with Crippen molar-refractivity contribution in [3.63, 3.8) is 0 Å². The van der Waals surface area contributed by atoms with E-state index in [1.54, 1.807) is 23.9 Å². The highest BCUT2D eigenvalue weighted by molar-refractivity contribution is 7.99. The molecule has 4 aromatic rings. The third kappa shape index (κ3) is 13.3. The normalized spacial score (nSPS) is 18.1. The van der Waals surface area contributed by atoms with Crippen molar-refractivity contribution >= 4 is 66.1 Å². The second-order valence-electron chi connectivity index (χ2n) is 17.3. The van der Waals surface area contributed by atoms with Crippen LogP contribution in [0.15, 0.2) is 117 Å². The number of amides is 1. The summed E-state index contributed by atoms with van der Waals surface area (Å²) in [5, 5.41) is 4.17. The van der Waals surface area contributed by atoms with Crippen molar-refractivity contribution in [3.05, 3.63) is 119 Å². The molecule has 4 aromatic carbocycles. The van der Waals surface area contributed by atoms with Crippen LogP contribution in [-0.2, 0) is 24.6 Å². The molecule has 2 saturated heterocycles. The number of carbonyl (C=O) groups excluding carboxylic acids is 1. The van der Waals surface area contributed by atoms with E-state index in [9.17, 15) is 21.6 Å². The predicted molar refractivity (Wildman–Crippen MR) is 258 cm³/mol. The molecule has 0 aromatic heterocycles. The van der Waals surface area contributed by atoms with Gasteiger partial charge in [0.2, 0.25) is 0 Å². The molecule has 0 spiro atoms. The maximum Gasteiger partial charge on any atom is 0.264 e. The number of morpholine rings is 1. The standard InChI is InChI=1S/C47H58ClN5O6S3.CH4/c1-47(2)21-19-43(35-9-13-38(48)14-10-35)37(32-47)33-52-23-25-53(26-24-52)40-15-11-36(12-16-40)46(54)50-62(57,58)42-17-18-44(45(31-42)61(3,55)56)49-39(20-22-51-27-29-59-30-28-51)34-60-41-7-5-4-6-8-41;/h4-18,31,39,49H,19-30,32-34H2,1-3H3,(H,50,54);1H4/t39-;/m1./s1. The first-order valence-electron chi connectivity index (χ1n) is 21.3. The lowest BCUT2D eigenvalue weighted by molar-refractivity contribution is 0.0370. The fraction of sp³-hybridized carbons (Fsp3) is 0.438. The molecule has 2 aliphatic heterocycles. The Morgan fingerprint density at radius 3 is 2.21 bits per heavy atom. The van der Waals surface area contributed by atoms with Gasteiger partial charge in [-0.25, -0.2) is 21.6 Å². The number of carbonyl (C=O) groups is 1. The largest absolute Gasteiger partial charge is 0.380 e. The highest BCUT2D eigenvalue weighted by Gasteiger charge is 2.30. The van der Waals surface area contributed by atoms with Gasteiger partial charge in [-0.15, -0.1) is 11.8 Å². The number of ether oxygens (including phenoxy) is 1. The maximum absolute atomic E-state index is 13.6. The number of hydrogen-bond donors (Lipinski definition) is 2. The molecule has 2 N–H and O–H groups in total. The molecule has 340 valence electrons. The number of thioether (sulfide) groups is 1. The lowest BCUT2D eigenvalue weighted by Gasteiger charge is -2.39. The summed E-state index contributed by atoms with van der Waals surface area (Å²) < 4.78 is 61.2. The Balaban J connectivity index is 0.00000661. The molecule has 1 aliphatic carbocycles. The first-order chi connectivity index (χ1) is 29.6. The Labute approximate surface area is 384 Å². The summed E-state index contributed by atoms with van der Waals surface area (Å²) >= 11 is 7.87. The van der Waals surface area contributed by atoms with Crippen LogP contribution in [-0.4, -0.2) is 116 Å². The molecule has 63 heavy (non-hydrogen) atoms. The molecular weight excluding hydrogens is 874 g/mol. The Morgan fingerprint density at radius 1 is 0.857 bits per heavy atom. The SMILES string of the molecule is C.CC1(C)CCC(c2ccc(Cl)cc2)=C(CN2CCN(c3ccc(C(=O)NS(=O)(=O)c4ccc(N[C@H](CCN5CCOCC5)CSc5ccccc5)c(S(C)(=O)=O)c4)cc3)CC2)C1. The monoisotopic (exact) mass is 935 g/mol. The molecule has 3 aliphatic rings. The second kappa shape index (κ2) is 21.4. The lowest BCUT2D eigenvalue weighted by atomic mass is 9.73. The number of benzene rings is 4. The average molecular weight is 937 g/mol. The summed E-state index contributed by atoms with van der Waals surface area (Å²) in [6, 6.07) is 28.9. The molecule has 0 bridgehead atoms. The molecule has 2 fully saturated rings. The van der Waals surface area contributed by atoms with Crippen LogP contribution < -0.4 is 14.9 Å². The zero-order valence-electron chi connectivity index (χ0n) is 35.8. The fourth-order valence-corrected chi connectivity index (χ4v) is 11.5. The number of nitrogens with one attached hydrogen (secondary N) is 2. The molecule has 1 atom stereocenters. The van der Waals surface area contributed by atoms with Crippen molar-refractivity contribution in [2.45, 2.75) is 67.7 Å². The quantitative estimate of drug-likeness (QED) is 0.105. The Hall–Kier alpha value is -3.89. The Bertz CT molecular complexity index is 2420. The number of halogens is 1. The van der Waals surface area contributed by atoms with Crippen molar-refractivity contribution in [1.29, 1.82) is 0 Å². The average Bonchev–Trinajstić information content (AvgIpc) is 3.25. The van der Waals surface area contributed by atoms with Crippen molar-refractivity contribution in [2.24, 2.45) is 5.41 Å². The third-order valence-electron chi connectivity index (χ3n) is 12.0. The van der Waals surface area contributed by atoms with E-state index in [0.29, 0.717) is 24.7 Å². The van der Waals surface area contributed by atoms with Crippen molar-refractivity contribution in [3.8, 4) is 0 Å². The molecule has 11 nitrogen and oxygen atoms in total. The van der Waals surface area contributed by atoms with Crippen LogP contribution in [0.25, 0.3) is 5.57 Å². The number of rotatable bonds is 16. The minimum atomic E-state index is -4.43. The first-order valence-corrected chi connectivity index (χ1v) is 26.1. The fourth-order valence-electron chi connectivity index (χ4n) is 8.45. The molecule has 0 unspecified atom stereocenters. The minimum Gasteiger partial charge on any atom is -0.380 e. The van der Waals surface area contributed by atoms with Gasteiger partial charge in [-0.1, -0.05) is 68.8 Å². The van der Waals surface area contributed by atoms with Gasteiger partial charge in [0.05, 0.1) is 28.7 Å². The van der Waals surface area contributed by atoms with Crippen LogP contribution in [0, 0.1) is 5.41 Å². The molecule has 0 radical (unpaired) electrons. The maximum atomic E-state index is 13.6. The first kappa shape index (κ1) is 48.6. The summed E-state index contributed by atoms with van der Waals surface area (Å²) in [4.78, 5) is 21.1. The van der Waals surface area contributed by atoms with E-state index in [1.807, 2.05) is 54.6 Å². The number of anilines is 2. The van der Waals surface area contributed by atoms with Crippen molar-refractivity contribution in [1.82, 2.24) is 14.5 Å². The number of hydrogen-bond acceptors (Lipinski definition) is 11. The number of piperazine rings is 1. The van der Waals surface area contributed by atoms with E-state index < -0.39 is 25.8 Å². The van der Waals surface area contributed by atoms with Crippen LogP contribution >= 0.6 is 23.4 Å². The number of sulfonamides is 1. The van der Waals surface area contributed by atoms with E-state index in [-0.39, 0.29) is 34.2 Å². The van der Waals surface area contributed by atoms with E-state index in [1.165, 1.54) is 28.8 Å². The van der Waals surface area contributed by atoms with Gasteiger partial charge in [0, 0.05) is 91.6 Å². The zero-order valence-corrected chi connectivity index (χ0v) is 39.0. The van der Waals surface area contributed by atoms with Crippen LogP contribution in [0.2, 0.25) is 5.02 Å². The van der Waals surface area contributed by atoms with E-state index >= 15 is 0 Å². The summed E-state index contributed by atoms with van der Waals surface area (Å²) in [7, 11) is -8.31. The van der Waals surface area contributed by atoms with Crippen molar-refractivity contribution in [2.75, 3.05) is 87.8 Å². The summed E-state index contributed by atoms with van der Waals surface area (Å²) in [6.45, 7) is 12.9. The highest BCUT2D eigenvalue weighted by Crippen LogP contribution is 2.43. The van der Waals surface area contributed by atoms with Crippen molar-refractivity contribution < 1.29 is 26.4 Å². The third-order valence-corrected chi connectivity index (χ3v) is 15.9. The number of allylic oxidation sites excluding steroid dienone is 1. The van der Waals surface area contributed by atoms with E-state index in [2.05, 4.69) is 50.7 Å². The van der Waals surface area contributed by atoms with Gasteiger partial charge in [-0.2, -0.15) is 0 Å². The number of nitrogens with zero attached hydrogens (tertiary/aromatic N) is 3. The molecule has 7 rings (SSSR count). The van der Waals surface area contributed by atoms with Gasteiger partial charge >= 0.3 is 0 Å². The smallest absolute Gasteiger partial charge is 0.264 e. The van der Waals surface area contributed by atoms with Gasteiger partial charge < -0.3 is 15.0 Å². The molecule has 15 heteroatoms. The lowest BCUT2D eigenvalue weighted by Crippen LogP contribution is -2.47. The van der Waals surface area contributed by atoms with Crippen LogP contribution in [0.4, 0.5) is 11.4 Å². The Morgan fingerprint density at radius 2 is 1.54 bits per heavy atom. The van der Waals surface area contributed by atoms with Crippen LogP contribution in [0.3, 0.4) is 0 Å². The Kier molecular flexibility index (Phi) is 16.5. The van der Waals surface area contributed by atoms with E-state index in [0.717, 1.165) is 106 Å². The molecule has 0 saturated carbocycles. The predicted octanol–water partition coefficient (Wildman–Crippen LogP) is 8.58. The number of sulfone groups is 1. The van der Waals surface area contributed by atoms with Crippen LogP contribution in [0.1, 0.15) is 62.9 Å². The summed E-state index contributed by atoms with van der Waals surface area (Å²) in [6.07, 6.45) is 5.07. The highest BCUT2D eigenvalue weighted by atomic mass is 35.5. The topological polar surface area (TPSA) is 128 Å². The summed E-state index contributed by atoms with van der Waals surface area (Å²) in [5.74, 6) is -0.141. The molecular formula is C48H62ClN5O6S3.